The molecule has 1 unspecified atom stereocenters. The van der Waals surface area contributed by atoms with Gasteiger partial charge in [0.15, 0.2) is 0 Å². The van der Waals surface area contributed by atoms with Crippen molar-refractivity contribution in [3.05, 3.63) is 28.7 Å². The van der Waals surface area contributed by atoms with Crippen molar-refractivity contribution in [1.82, 2.24) is 4.57 Å². The van der Waals surface area contributed by atoms with Gasteiger partial charge < -0.3 is 10.3 Å². The van der Waals surface area contributed by atoms with Gasteiger partial charge in [-0.1, -0.05) is 20.8 Å². The number of nitrogen functional groups attached to an aromatic ring is 1. The van der Waals surface area contributed by atoms with E-state index in [1.165, 1.54) is 6.07 Å². The van der Waals surface area contributed by atoms with Crippen LogP contribution in [0.1, 0.15) is 27.2 Å². The van der Waals surface area contributed by atoms with E-state index in [0.29, 0.717) is 17.5 Å². The van der Waals surface area contributed by atoms with Crippen LogP contribution in [0.15, 0.2) is 23.1 Å². The Balaban J connectivity index is 2.71. The highest BCUT2D eigenvalue weighted by Crippen LogP contribution is 2.12. The van der Waals surface area contributed by atoms with E-state index in [1.807, 2.05) is 0 Å². The second-order valence-electron chi connectivity index (χ2n) is 4.69. The Labute approximate surface area is 90.9 Å². The summed E-state index contributed by atoms with van der Waals surface area (Å²) in [5.74, 6) is 1.17. The van der Waals surface area contributed by atoms with Crippen LogP contribution in [0, 0.1) is 11.8 Å². The normalized spacial score (nSPS) is 13.1. The van der Waals surface area contributed by atoms with Crippen molar-refractivity contribution in [3.63, 3.8) is 0 Å². The van der Waals surface area contributed by atoms with Gasteiger partial charge in [0.2, 0.25) is 0 Å². The Morgan fingerprint density at radius 1 is 1.33 bits per heavy atom. The maximum Gasteiger partial charge on any atom is 0.250 e. The highest BCUT2D eigenvalue weighted by Gasteiger charge is 2.06. The first-order chi connectivity index (χ1) is 6.99. The van der Waals surface area contributed by atoms with Crippen LogP contribution in [0.25, 0.3) is 0 Å². The van der Waals surface area contributed by atoms with Gasteiger partial charge in [0.25, 0.3) is 5.56 Å². The summed E-state index contributed by atoms with van der Waals surface area (Å²) < 4.78 is 1.70. The van der Waals surface area contributed by atoms with Crippen molar-refractivity contribution < 1.29 is 0 Å². The summed E-state index contributed by atoms with van der Waals surface area (Å²) in [5.41, 5.74) is 6.32. The fraction of sp³-hybridized carbons (Fsp3) is 0.583. The van der Waals surface area contributed by atoms with E-state index >= 15 is 0 Å². The Hall–Kier alpha value is -1.25. The Morgan fingerprint density at radius 3 is 2.60 bits per heavy atom. The van der Waals surface area contributed by atoms with E-state index in [2.05, 4.69) is 20.8 Å². The molecule has 2 N–H and O–H groups in total. The summed E-state index contributed by atoms with van der Waals surface area (Å²) >= 11 is 0. The molecule has 84 valence electrons. The van der Waals surface area contributed by atoms with Gasteiger partial charge in [-0.25, -0.2) is 0 Å². The number of nitrogens with two attached hydrogens (primary N) is 1. The molecule has 0 fully saturated rings. The molecular weight excluding hydrogens is 188 g/mol. The van der Waals surface area contributed by atoms with E-state index in [9.17, 15) is 4.79 Å². The predicted molar refractivity (Wildman–Crippen MR) is 63.7 cm³/mol. The lowest BCUT2D eigenvalue weighted by molar-refractivity contribution is 0.385. The molecule has 1 atom stereocenters. The summed E-state index contributed by atoms with van der Waals surface area (Å²) in [6.45, 7) is 7.30. The second kappa shape index (κ2) is 5.01. The fourth-order valence-electron chi connectivity index (χ4n) is 1.91. The van der Waals surface area contributed by atoms with Crippen molar-refractivity contribution >= 4 is 5.69 Å². The molecule has 1 heterocycles. The van der Waals surface area contributed by atoms with E-state index in [4.69, 9.17) is 5.73 Å². The number of nitrogens with zero attached hydrogens (tertiary/aromatic N) is 1. The number of pyridine rings is 1. The smallest absolute Gasteiger partial charge is 0.250 e. The monoisotopic (exact) mass is 208 g/mol. The van der Waals surface area contributed by atoms with Gasteiger partial charge in [0.05, 0.1) is 0 Å². The Morgan fingerprint density at radius 2 is 2.00 bits per heavy atom. The third-order valence-corrected chi connectivity index (χ3v) is 2.39. The zero-order valence-corrected chi connectivity index (χ0v) is 9.73. The Bertz CT molecular complexity index is 368. The van der Waals surface area contributed by atoms with Gasteiger partial charge in [-0.2, -0.15) is 0 Å². The molecule has 0 spiro atoms. The van der Waals surface area contributed by atoms with E-state index in [1.54, 1.807) is 16.8 Å². The average molecular weight is 208 g/mol. The molecule has 0 radical (unpaired) electrons. The lowest BCUT2D eigenvalue weighted by atomic mass is 9.99. The number of rotatable bonds is 4. The molecule has 0 aliphatic heterocycles. The molecule has 15 heavy (non-hydrogen) atoms. The molecule has 0 aliphatic carbocycles. The summed E-state index contributed by atoms with van der Waals surface area (Å²) in [6, 6.07) is 3.17. The lowest BCUT2D eigenvalue weighted by Crippen LogP contribution is -2.22. The van der Waals surface area contributed by atoms with E-state index < -0.39 is 0 Å². The largest absolute Gasteiger partial charge is 0.398 e. The van der Waals surface area contributed by atoms with Crippen molar-refractivity contribution in [3.8, 4) is 0 Å². The third kappa shape index (κ3) is 3.78. The first-order valence-electron chi connectivity index (χ1n) is 5.45. The van der Waals surface area contributed by atoms with Crippen molar-refractivity contribution in [2.75, 3.05) is 5.73 Å². The molecule has 3 nitrogen and oxygen atoms in total. The topological polar surface area (TPSA) is 48.0 Å². The van der Waals surface area contributed by atoms with E-state index in [-0.39, 0.29) is 5.56 Å². The van der Waals surface area contributed by atoms with Crippen LogP contribution in [0.3, 0.4) is 0 Å². The quantitative estimate of drug-likeness (QED) is 0.823. The number of hydrogen-bond donors (Lipinski definition) is 1. The molecule has 0 saturated carbocycles. The minimum atomic E-state index is 0.0276. The first kappa shape index (κ1) is 11.8. The van der Waals surface area contributed by atoms with Crippen molar-refractivity contribution in [2.45, 2.75) is 33.7 Å². The van der Waals surface area contributed by atoms with Crippen LogP contribution in [0.4, 0.5) is 5.69 Å². The molecule has 0 saturated heterocycles. The van der Waals surface area contributed by atoms with Crippen LogP contribution in [-0.2, 0) is 6.54 Å². The average Bonchev–Trinajstić information content (AvgIpc) is 2.10. The van der Waals surface area contributed by atoms with Crippen LogP contribution in [-0.4, -0.2) is 4.57 Å². The third-order valence-electron chi connectivity index (χ3n) is 2.39. The van der Waals surface area contributed by atoms with Gasteiger partial charge in [0, 0.05) is 24.5 Å². The zero-order chi connectivity index (χ0) is 11.4. The second-order valence-corrected chi connectivity index (χ2v) is 4.69. The van der Waals surface area contributed by atoms with Crippen molar-refractivity contribution in [1.29, 1.82) is 0 Å². The predicted octanol–water partition coefficient (Wildman–Crippen LogP) is 2.11. The lowest BCUT2D eigenvalue weighted by Gasteiger charge is -2.15. The first-order valence-corrected chi connectivity index (χ1v) is 5.45. The molecular formula is C12H20N2O. The van der Waals surface area contributed by atoms with Crippen LogP contribution in [0.2, 0.25) is 0 Å². The van der Waals surface area contributed by atoms with Gasteiger partial charge >= 0.3 is 0 Å². The molecule has 0 aromatic carbocycles. The molecule has 1 aromatic heterocycles. The number of anilines is 1. The standard InChI is InChI=1S/C12H20N2O/c1-9(2)6-10(3)7-14-8-11(13)4-5-12(14)15/h4-5,8-10H,6-7,13H2,1-3H3. The molecule has 0 amide bonds. The van der Waals surface area contributed by atoms with Crippen molar-refractivity contribution in [2.24, 2.45) is 11.8 Å². The zero-order valence-electron chi connectivity index (χ0n) is 9.73. The molecule has 3 heteroatoms. The van der Waals surface area contributed by atoms with Gasteiger partial charge in [-0.15, -0.1) is 0 Å². The van der Waals surface area contributed by atoms with Gasteiger partial charge in [0.1, 0.15) is 0 Å². The SMILES string of the molecule is CC(C)CC(C)Cn1cc(N)ccc1=O. The maximum absolute atomic E-state index is 11.5. The minimum Gasteiger partial charge on any atom is -0.398 e. The number of hydrogen-bond acceptors (Lipinski definition) is 2. The van der Waals surface area contributed by atoms with Crippen LogP contribution in [0.5, 0.6) is 0 Å². The summed E-state index contributed by atoms with van der Waals surface area (Å²) in [5, 5.41) is 0. The molecule has 1 aromatic rings. The highest BCUT2D eigenvalue weighted by atomic mass is 16.1. The number of aromatic nitrogens is 1. The molecule has 0 aliphatic rings. The summed E-state index contributed by atoms with van der Waals surface area (Å²) in [6.07, 6.45) is 2.85. The summed E-state index contributed by atoms with van der Waals surface area (Å²) in [7, 11) is 0. The van der Waals surface area contributed by atoms with Crippen LogP contribution < -0.4 is 11.3 Å². The fourth-order valence-corrected chi connectivity index (χ4v) is 1.91. The molecule has 0 bridgehead atoms. The minimum absolute atomic E-state index is 0.0276. The van der Waals surface area contributed by atoms with Gasteiger partial charge in [-0.05, 0) is 24.3 Å². The van der Waals surface area contributed by atoms with E-state index in [0.717, 1.165) is 13.0 Å². The highest BCUT2D eigenvalue weighted by molar-refractivity contribution is 5.33. The van der Waals surface area contributed by atoms with Gasteiger partial charge in [-0.3, -0.25) is 4.79 Å². The molecule has 1 rings (SSSR count). The Kier molecular flexibility index (Phi) is 3.95. The summed E-state index contributed by atoms with van der Waals surface area (Å²) in [4.78, 5) is 11.5. The van der Waals surface area contributed by atoms with Crippen LogP contribution >= 0.6 is 0 Å². The maximum atomic E-state index is 11.5.